The molecule has 0 saturated heterocycles. The average molecular weight is 217 g/mol. The van der Waals surface area contributed by atoms with Crippen LogP contribution in [0.3, 0.4) is 0 Å². The Hall–Kier alpha value is -1.35. The van der Waals surface area contributed by atoms with Crippen molar-refractivity contribution in [2.45, 2.75) is 32.7 Å². The molecule has 0 aliphatic heterocycles. The molecule has 1 heterocycles. The summed E-state index contributed by atoms with van der Waals surface area (Å²) in [6.07, 6.45) is 0.874. The lowest BCUT2D eigenvalue weighted by molar-refractivity contribution is 0.517. The molecule has 0 spiro atoms. The highest BCUT2D eigenvalue weighted by atomic mass is 15.0. The highest BCUT2D eigenvalue weighted by Gasteiger charge is 2.12. The standard InChI is InChI=1S/C13H19N3/c1-9-15-11-7-10(8-13(2,3)14)5-6-12(11)16(9)4/h5-7H,8,14H2,1-4H3. The van der Waals surface area contributed by atoms with E-state index >= 15 is 0 Å². The summed E-state index contributed by atoms with van der Waals surface area (Å²) in [4.78, 5) is 4.53. The van der Waals surface area contributed by atoms with Crippen LogP contribution in [0.25, 0.3) is 11.0 Å². The van der Waals surface area contributed by atoms with Crippen LogP contribution in [-0.4, -0.2) is 15.1 Å². The first-order valence-corrected chi connectivity index (χ1v) is 5.58. The SMILES string of the molecule is Cc1nc2cc(CC(C)(C)N)ccc2n1C. The fraction of sp³-hybridized carbons (Fsp3) is 0.462. The van der Waals surface area contributed by atoms with Crippen LogP contribution in [0.2, 0.25) is 0 Å². The van der Waals surface area contributed by atoms with E-state index in [2.05, 4.69) is 27.8 Å². The predicted octanol–water partition coefficient (Wildman–Crippen LogP) is 2.16. The van der Waals surface area contributed by atoms with Crippen molar-refractivity contribution >= 4 is 11.0 Å². The lowest BCUT2D eigenvalue weighted by Gasteiger charge is -2.18. The maximum atomic E-state index is 6.02. The Bertz CT molecular complexity index is 518. The van der Waals surface area contributed by atoms with E-state index in [1.807, 2.05) is 27.8 Å². The summed E-state index contributed by atoms with van der Waals surface area (Å²) in [6.45, 7) is 6.11. The first-order valence-electron chi connectivity index (χ1n) is 5.58. The number of imidazole rings is 1. The first-order chi connectivity index (χ1) is 7.37. The Labute approximate surface area is 96.3 Å². The Morgan fingerprint density at radius 2 is 2.06 bits per heavy atom. The van der Waals surface area contributed by atoms with Crippen molar-refractivity contribution < 1.29 is 0 Å². The van der Waals surface area contributed by atoms with Crippen molar-refractivity contribution in [2.75, 3.05) is 0 Å². The summed E-state index contributed by atoms with van der Waals surface area (Å²) < 4.78 is 2.10. The third-order valence-corrected chi connectivity index (χ3v) is 2.83. The number of rotatable bonds is 2. The number of nitrogens with two attached hydrogens (primary N) is 1. The first kappa shape index (κ1) is 11.1. The molecule has 0 bridgehead atoms. The normalized spacial score (nSPS) is 12.3. The van der Waals surface area contributed by atoms with Gasteiger partial charge in [-0.05, 0) is 44.9 Å². The highest BCUT2D eigenvalue weighted by molar-refractivity contribution is 5.76. The number of aryl methyl sites for hydroxylation is 2. The van der Waals surface area contributed by atoms with Crippen molar-refractivity contribution in [3.8, 4) is 0 Å². The number of nitrogens with zero attached hydrogens (tertiary/aromatic N) is 2. The van der Waals surface area contributed by atoms with Crippen molar-refractivity contribution in [1.29, 1.82) is 0 Å². The van der Waals surface area contributed by atoms with Crippen LogP contribution in [0, 0.1) is 6.92 Å². The van der Waals surface area contributed by atoms with Gasteiger partial charge in [0.25, 0.3) is 0 Å². The molecule has 16 heavy (non-hydrogen) atoms. The molecule has 1 aromatic heterocycles. The van der Waals surface area contributed by atoms with Gasteiger partial charge in [-0.25, -0.2) is 4.98 Å². The second-order valence-electron chi connectivity index (χ2n) is 5.21. The molecule has 2 rings (SSSR count). The van der Waals surface area contributed by atoms with Crippen molar-refractivity contribution in [1.82, 2.24) is 9.55 Å². The van der Waals surface area contributed by atoms with E-state index in [-0.39, 0.29) is 5.54 Å². The van der Waals surface area contributed by atoms with E-state index in [1.165, 1.54) is 11.1 Å². The summed E-state index contributed by atoms with van der Waals surface area (Å²) in [5.74, 6) is 1.04. The molecule has 0 amide bonds. The molecule has 86 valence electrons. The fourth-order valence-electron chi connectivity index (χ4n) is 2.00. The van der Waals surface area contributed by atoms with Gasteiger partial charge >= 0.3 is 0 Å². The number of aromatic nitrogens is 2. The summed E-state index contributed by atoms with van der Waals surface area (Å²) in [7, 11) is 2.04. The van der Waals surface area contributed by atoms with Gasteiger partial charge in [0, 0.05) is 12.6 Å². The fourth-order valence-corrected chi connectivity index (χ4v) is 2.00. The number of fused-ring (bicyclic) bond motifs is 1. The van der Waals surface area contributed by atoms with Gasteiger partial charge < -0.3 is 10.3 Å². The van der Waals surface area contributed by atoms with Crippen molar-refractivity contribution in [2.24, 2.45) is 12.8 Å². The minimum atomic E-state index is -0.169. The molecule has 0 saturated carbocycles. The van der Waals surface area contributed by atoms with Gasteiger partial charge in [-0.1, -0.05) is 6.07 Å². The van der Waals surface area contributed by atoms with E-state index in [9.17, 15) is 0 Å². The molecule has 0 aliphatic rings. The lowest BCUT2D eigenvalue weighted by Crippen LogP contribution is -2.34. The number of benzene rings is 1. The Kier molecular flexibility index (Phi) is 2.50. The summed E-state index contributed by atoms with van der Waals surface area (Å²) in [5, 5.41) is 0. The molecule has 3 nitrogen and oxygen atoms in total. The van der Waals surface area contributed by atoms with E-state index in [4.69, 9.17) is 5.73 Å². The molecule has 3 heteroatoms. The molecule has 2 N–H and O–H groups in total. The third kappa shape index (κ3) is 2.09. The zero-order valence-corrected chi connectivity index (χ0v) is 10.4. The van der Waals surface area contributed by atoms with Gasteiger partial charge in [0.2, 0.25) is 0 Å². The van der Waals surface area contributed by atoms with Gasteiger partial charge in [0.05, 0.1) is 11.0 Å². The van der Waals surface area contributed by atoms with Crippen molar-refractivity contribution in [3.05, 3.63) is 29.6 Å². The van der Waals surface area contributed by atoms with Gasteiger partial charge in [-0.15, -0.1) is 0 Å². The van der Waals surface area contributed by atoms with E-state index in [1.54, 1.807) is 0 Å². The molecule has 0 atom stereocenters. The topological polar surface area (TPSA) is 43.8 Å². The van der Waals surface area contributed by atoms with E-state index < -0.39 is 0 Å². The van der Waals surface area contributed by atoms with Gasteiger partial charge in [-0.3, -0.25) is 0 Å². The summed E-state index contributed by atoms with van der Waals surface area (Å²) >= 11 is 0. The Morgan fingerprint density at radius 1 is 1.38 bits per heavy atom. The van der Waals surface area contributed by atoms with Crippen LogP contribution >= 0.6 is 0 Å². The molecule has 0 unspecified atom stereocenters. The lowest BCUT2D eigenvalue weighted by atomic mass is 9.96. The number of hydrogen-bond acceptors (Lipinski definition) is 2. The zero-order chi connectivity index (χ0) is 11.9. The Balaban J connectivity index is 2.45. The van der Waals surface area contributed by atoms with Crippen LogP contribution in [0.4, 0.5) is 0 Å². The van der Waals surface area contributed by atoms with Crippen LogP contribution in [0.1, 0.15) is 25.2 Å². The maximum absolute atomic E-state index is 6.02. The van der Waals surface area contributed by atoms with Crippen LogP contribution < -0.4 is 5.73 Å². The quantitative estimate of drug-likeness (QED) is 0.837. The summed E-state index contributed by atoms with van der Waals surface area (Å²) in [5.41, 5.74) is 9.33. The molecule has 1 aromatic carbocycles. The third-order valence-electron chi connectivity index (χ3n) is 2.83. The molecular weight excluding hydrogens is 198 g/mol. The van der Waals surface area contributed by atoms with Gasteiger partial charge in [0.1, 0.15) is 5.82 Å². The van der Waals surface area contributed by atoms with Gasteiger partial charge in [0.15, 0.2) is 0 Å². The Morgan fingerprint density at radius 3 is 2.69 bits per heavy atom. The predicted molar refractivity (Wildman–Crippen MR) is 67.4 cm³/mol. The van der Waals surface area contributed by atoms with Gasteiger partial charge in [-0.2, -0.15) is 0 Å². The largest absolute Gasteiger partial charge is 0.331 e. The van der Waals surface area contributed by atoms with Crippen LogP contribution in [-0.2, 0) is 13.5 Å². The number of hydrogen-bond donors (Lipinski definition) is 1. The zero-order valence-electron chi connectivity index (χ0n) is 10.4. The maximum Gasteiger partial charge on any atom is 0.106 e. The van der Waals surface area contributed by atoms with E-state index in [0.717, 1.165) is 17.8 Å². The second kappa shape index (κ2) is 3.59. The smallest absolute Gasteiger partial charge is 0.106 e. The minimum absolute atomic E-state index is 0.169. The monoisotopic (exact) mass is 217 g/mol. The van der Waals surface area contributed by atoms with Crippen molar-refractivity contribution in [3.63, 3.8) is 0 Å². The average Bonchev–Trinajstić information content (AvgIpc) is 2.40. The van der Waals surface area contributed by atoms with Crippen LogP contribution in [0.15, 0.2) is 18.2 Å². The second-order valence-corrected chi connectivity index (χ2v) is 5.21. The van der Waals surface area contributed by atoms with E-state index in [0.29, 0.717) is 0 Å². The molecule has 0 fully saturated rings. The molecular formula is C13H19N3. The minimum Gasteiger partial charge on any atom is -0.331 e. The molecule has 0 aliphatic carbocycles. The summed E-state index contributed by atoms with van der Waals surface area (Å²) in [6, 6.07) is 6.39. The highest BCUT2D eigenvalue weighted by Crippen LogP contribution is 2.18. The van der Waals surface area contributed by atoms with Crippen LogP contribution in [0.5, 0.6) is 0 Å². The molecule has 2 aromatic rings. The molecule has 0 radical (unpaired) electrons.